The van der Waals surface area contributed by atoms with Gasteiger partial charge in [-0.05, 0) is 6.92 Å². The van der Waals surface area contributed by atoms with Crippen molar-refractivity contribution >= 4 is 12.2 Å². The van der Waals surface area contributed by atoms with Crippen LogP contribution in [0.15, 0.2) is 11.6 Å². The zero-order valence-corrected chi connectivity index (χ0v) is 5.47. The van der Waals surface area contributed by atoms with Crippen molar-refractivity contribution in [1.82, 2.24) is 0 Å². The molecule has 50 valence electrons. The second-order valence-corrected chi connectivity index (χ2v) is 1.38. The highest BCUT2D eigenvalue weighted by Crippen LogP contribution is 1.90. The highest BCUT2D eigenvalue weighted by atomic mass is 16.5. The van der Waals surface area contributed by atoms with Gasteiger partial charge in [-0.25, -0.2) is 4.79 Å². The van der Waals surface area contributed by atoms with Crippen LogP contribution < -0.4 is 0 Å². The van der Waals surface area contributed by atoms with Crippen molar-refractivity contribution in [2.24, 2.45) is 0 Å². The summed E-state index contributed by atoms with van der Waals surface area (Å²) in [6.45, 7) is 1.68. The minimum atomic E-state index is -0.465. The lowest BCUT2D eigenvalue weighted by atomic mass is 10.3. The molecule has 0 rings (SSSR count). The molecule has 3 nitrogen and oxygen atoms in total. The molecule has 0 heterocycles. The Hall–Kier alpha value is -1.12. The molecular weight excluding hydrogens is 118 g/mol. The second-order valence-electron chi connectivity index (χ2n) is 1.38. The van der Waals surface area contributed by atoms with Crippen LogP contribution in [0.5, 0.6) is 0 Å². The van der Waals surface area contributed by atoms with Gasteiger partial charge in [-0.3, -0.25) is 0 Å². The first kappa shape index (κ1) is 7.88. The molecule has 3 heteroatoms. The summed E-state index contributed by atoms with van der Waals surface area (Å²) < 4.78 is 4.34. The molecule has 0 aliphatic heterocycles. The lowest BCUT2D eigenvalue weighted by molar-refractivity contribution is -0.135. The van der Waals surface area contributed by atoms with E-state index in [0.29, 0.717) is 0 Å². The summed E-state index contributed by atoms with van der Waals surface area (Å²) in [4.78, 5) is 10.5. The van der Waals surface area contributed by atoms with Gasteiger partial charge in [0.1, 0.15) is 0 Å². The fourth-order valence-corrected chi connectivity index (χ4v) is 0.378. The number of carbonyl (C=O) groups is 1. The molecule has 0 aliphatic carbocycles. The predicted octanol–water partition coefficient (Wildman–Crippen LogP) is 0.755. The van der Waals surface area contributed by atoms with E-state index in [1.165, 1.54) is 13.2 Å². The highest BCUT2D eigenvalue weighted by Gasteiger charge is 2.02. The van der Waals surface area contributed by atoms with Crippen molar-refractivity contribution in [3.63, 3.8) is 0 Å². The number of hydrogen-bond donors (Lipinski definition) is 1. The third-order valence-electron chi connectivity index (χ3n) is 0.888. The van der Waals surface area contributed by atoms with Crippen LogP contribution in [0.2, 0.25) is 0 Å². The summed E-state index contributed by atoms with van der Waals surface area (Å²) in [6, 6.07) is 0. The summed E-state index contributed by atoms with van der Waals surface area (Å²) in [5.74, 6) is -0.465. The maximum Gasteiger partial charge on any atom is 0.339 e. The van der Waals surface area contributed by atoms with Gasteiger partial charge < -0.3 is 10.1 Å². The summed E-state index contributed by atoms with van der Waals surface area (Å²) >= 11 is 0. The Morgan fingerprint density at radius 1 is 1.67 bits per heavy atom. The van der Waals surface area contributed by atoms with E-state index in [-0.39, 0.29) is 5.57 Å². The largest absolute Gasteiger partial charge is 0.465 e. The van der Waals surface area contributed by atoms with Gasteiger partial charge in [0, 0.05) is 6.21 Å². The topological polar surface area (TPSA) is 50.2 Å². The molecule has 0 saturated heterocycles. The molecule has 0 spiro atoms. The summed E-state index contributed by atoms with van der Waals surface area (Å²) in [5, 5.41) is 6.70. The summed E-state index contributed by atoms with van der Waals surface area (Å²) in [5.41, 5.74) is 0.275. The van der Waals surface area contributed by atoms with Crippen LogP contribution in [0.4, 0.5) is 0 Å². The lowest BCUT2D eigenvalue weighted by Crippen LogP contribution is -2.04. The van der Waals surface area contributed by atoms with Crippen molar-refractivity contribution in [2.75, 3.05) is 7.11 Å². The Morgan fingerprint density at radius 2 is 2.22 bits per heavy atom. The average molecular weight is 127 g/mol. The van der Waals surface area contributed by atoms with Crippen molar-refractivity contribution in [3.8, 4) is 0 Å². The Labute approximate surface area is 53.8 Å². The molecule has 0 aromatic rings. The lowest BCUT2D eigenvalue weighted by Gasteiger charge is -1.94. The normalized spacial score (nSPS) is 10.7. The van der Waals surface area contributed by atoms with E-state index in [2.05, 4.69) is 4.74 Å². The number of rotatable bonds is 2. The van der Waals surface area contributed by atoms with Crippen LogP contribution in [0, 0.1) is 5.41 Å². The van der Waals surface area contributed by atoms with Crippen LogP contribution in [0.1, 0.15) is 6.92 Å². The van der Waals surface area contributed by atoms with Gasteiger partial charge in [-0.15, -0.1) is 0 Å². The van der Waals surface area contributed by atoms with Crippen molar-refractivity contribution in [1.29, 1.82) is 5.41 Å². The number of nitrogens with one attached hydrogen (secondary N) is 1. The second kappa shape index (κ2) is 3.83. The van der Waals surface area contributed by atoms with Crippen LogP contribution in [-0.4, -0.2) is 19.3 Å². The summed E-state index contributed by atoms with van der Waals surface area (Å²) in [7, 11) is 1.29. The smallest absolute Gasteiger partial charge is 0.339 e. The van der Waals surface area contributed by atoms with Gasteiger partial charge in [0.2, 0.25) is 0 Å². The van der Waals surface area contributed by atoms with E-state index < -0.39 is 5.97 Å². The Bertz CT molecular complexity index is 149. The Balaban J connectivity index is 4.14. The Morgan fingerprint density at radius 3 is 2.33 bits per heavy atom. The summed E-state index contributed by atoms with van der Waals surface area (Å²) in [6.07, 6.45) is 2.49. The maximum absolute atomic E-state index is 10.5. The maximum atomic E-state index is 10.5. The van der Waals surface area contributed by atoms with Crippen LogP contribution >= 0.6 is 0 Å². The van der Waals surface area contributed by atoms with E-state index in [1.54, 1.807) is 6.92 Å². The molecule has 0 aromatic heterocycles. The molecule has 0 amide bonds. The van der Waals surface area contributed by atoms with E-state index in [0.717, 1.165) is 6.21 Å². The molecule has 0 unspecified atom stereocenters. The molecule has 0 radical (unpaired) electrons. The third-order valence-corrected chi connectivity index (χ3v) is 0.888. The van der Waals surface area contributed by atoms with Crippen molar-refractivity contribution in [3.05, 3.63) is 11.6 Å². The molecule has 0 atom stereocenters. The van der Waals surface area contributed by atoms with E-state index in [4.69, 9.17) is 5.41 Å². The number of methoxy groups -OCH3 is 1. The standard InChI is InChI=1S/C6H9NO2/c1-3-5(4-7)6(8)9-2/h3-4,7H,1-2H3. The quantitative estimate of drug-likeness (QED) is 0.338. The monoisotopic (exact) mass is 127 g/mol. The van der Waals surface area contributed by atoms with E-state index in [1.807, 2.05) is 0 Å². The zero-order valence-electron chi connectivity index (χ0n) is 5.47. The van der Waals surface area contributed by atoms with Gasteiger partial charge in [0.05, 0.1) is 12.7 Å². The minimum Gasteiger partial charge on any atom is -0.465 e. The molecular formula is C6H9NO2. The third kappa shape index (κ3) is 2.08. The fraction of sp³-hybridized carbons (Fsp3) is 0.333. The van der Waals surface area contributed by atoms with E-state index >= 15 is 0 Å². The van der Waals surface area contributed by atoms with Gasteiger partial charge in [0.25, 0.3) is 0 Å². The number of allylic oxidation sites excluding steroid dienone is 1. The molecule has 9 heavy (non-hydrogen) atoms. The molecule has 0 bridgehead atoms. The first-order chi connectivity index (χ1) is 4.26. The number of esters is 1. The first-order valence-electron chi connectivity index (χ1n) is 2.51. The SMILES string of the molecule is CC=C(C=N)C(=O)OC. The number of hydrogen-bond acceptors (Lipinski definition) is 3. The van der Waals surface area contributed by atoms with Crippen molar-refractivity contribution < 1.29 is 9.53 Å². The zero-order chi connectivity index (χ0) is 7.28. The Kier molecular flexibility index (Phi) is 3.35. The highest BCUT2D eigenvalue weighted by molar-refractivity contribution is 6.08. The van der Waals surface area contributed by atoms with Crippen LogP contribution in [0.25, 0.3) is 0 Å². The molecule has 0 aromatic carbocycles. The van der Waals surface area contributed by atoms with Gasteiger partial charge >= 0.3 is 5.97 Å². The molecule has 0 saturated carbocycles. The molecule has 0 fully saturated rings. The van der Waals surface area contributed by atoms with Crippen LogP contribution in [-0.2, 0) is 9.53 Å². The fourth-order valence-electron chi connectivity index (χ4n) is 0.378. The predicted molar refractivity (Wildman–Crippen MR) is 34.6 cm³/mol. The van der Waals surface area contributed by atoms with Crippen LogP contribution in [0.3, 0.4) is 0 Å². The minimum absolute atomic E-state index is 0.275. The van der Waals surface area contributed by atoms with Crippen molar-refractivity contribution in [2.45, 2.75) is 6.92 Å². The number of carbonyl (C=O) groups excluding carboxylic acids is 1. The van der Waals surface area contributed by atoms with Gasteiger partial charge in [0.15, 0.2) is 0 Å². The van der Waals surface area contributed by atoms with Gasteiger partial charge in [-0.1, -0.05) is 6.08 Å². The average Bonchev–Trinajstić information content (AvgIpc) is 1.90. The first-order valence-corrected chi connectivity index (χ1v) is 2.51. The molecule has 1 N–H and O–H groups in total. The molecule has 0 aliphatic rings. The van der Waals surface area contributed by atoms with E-state index in [9.17, 15) is 4.79 Å². The number of ether oxygens (including phenoxy) is 1. The van der Waals surface area contributed by atoms with Gasteiger partial charge in [-0.2, -0.15) is 0 Å².